The zero-order valence-electron chi connectivity index (χ0n) is 10.4. The normalized spacial score (nSPS) is 19.2. The summed E-state index contributed by atoms with van der Waals surface area (Å²) in [5.41, 5.74) is 0. The highest BCUT2D eigenvalue weighted by atomic mass is 32.2. The van der Waals surface area contributed by atoms with Gasteiger partial charge < -0.3 is 4.90 Å². The average Bonchev–Trinajstić information content (AvgIpc) is 2.24. The van der Waals surface area contributed by atoms with E-state index in [0.29, 0.717) is 12.6 Å². The van der Waals surface area contributed by atoms with E-state index in [-0.39, 0.29) is 0 Å². The fourth-order valence-corrected chi connectivity index (χ4v) is 2.81. The molecule has 1 aliphatic carbocycles. The average molecular weight is 248 g/mol. The third-order valence-corrected chi connectivity index (χ3v) is 3.98. The van der Waals surface area contributed by atoms with Crippen molar-refractivity contribution in [1.29, 1.82) is 0 Å². The number of rotatable bonds is 6. The molecular formula is C11H24N2O2S. The Hall–Kier alpha value is -0.130. The first-order chi connectivity index (χ1) is 7.49. The molecule has 16 heavy (non-hydrogen) atoms. The van der Waals surface area contributed by atoms with Crippen LogP contribution in [-0.2, 0) is 10.0 Å². The van der Waals surface area contributed by atoms with Gasteiger partial charge in [-0.15, -0.1) is 0 Å². The number of nitrogens with zero attached hydrogens (tertiary/aromatic N) is 1. The molecule has 1 aliphatic rings. The van der Waals surface area contributed by atoms with Crippen LogP contribution in [0.1, 0.15) is 38.5 Å². The van der Waals surface area contributed by atoms with Gasteiger partial charge in [0.05, 0.1) is 6.26 Å². The summed E-state index contributed by atoms with van der Waals surface area (Å²) in [6.07, 6.45) is 8.76. The van der Waals surface area contributed by atoms with E-state index in [9.17, 15) is 8.42 Å². The van der Waals surface area contributed by atoms with Gasteiger partial charge in [0.1, 0.15) is 0 Å². The van der Waals surface area contributed by atoms with Gasteiger partial charge in [0.2, 0.25) is 10.0 Å². The van der Waals surface area contributed by atoms with Crippen molar-refractivity contribution in [2.45, 2.75) is 44.6 Å². The number of nitrogens with one attached hydrogen (secondary N) is 1. The van der Waals surface area contributed by atoms with E-state index in [0.717, 1.165) is 13.0 Å². The molecule has 0 bridgehead atoms. The lowest BCUT2D eigenvalue weighted by Gasteiger charge is -2.31. The topological polar surface area (TPSA) is 49.4 Å². The predicted molar refractivity (Wildman–Crippen MR) is 67.0 cm³/mol. The standard InChI is InChI=1S/C11H24N2O2S/c1-13(11-7-4-3-5-8-11)10-6-9-12-16(2,14)15/h11-12H,3-10H2,1-2H3. The van der Waals surface area contributed by atoms with Gasteiger partial charge in [0, 0.05) is 12.6 Å². The lowest BCUT2D eigenvalue weighted by atomic mass is 9.94. The van der Waals surface area contributed by atoms with E-state index in [1.54, 1.807) is 0 Å². The van der Waals surface area contributed by atoms with E-state index >= 15 is 0 Å². The quantitative estimate of drug-likeness (QED) is 0.718. The van der Waals surface area contributed by atoms with Crippen LogP contribution in [0.15, 0.2) is 0 Å². The Balaban J connectivity index is 2.12. The third-order valence-electron chi connectivity index (χ3n) is 3.25. The van der Waals surface area contributed by atoms with Crippen molar-refractivity contribution in [2.24, 2.45) is 0 Å². The molecule has 0 radical (unpaired) electrons. The van der Waals surface area contributed by atoms with E-state index in [2.05, 4.69) is 16.7 Å². The van der Waals surface area contributed by atoms with Crippen LogP contribution in [0.5, 0.6) is 0 Å². The highest BCUT2D eigenvalue weighted by molar-refractivity contribution is 7.88. The van der Waals surface area contributed by atoms with Crippen molar-refractivity contribution in [3.8, 4) is 0 Å². The molecule has 0 unspecified atom stereocenters. The zero-order chi connectivity index (χ0) is 12.0. The minimum Gasteiger partial charge on any atom is -0.303 e. The molecule has 0 spiro atoms. The molecule has 1 saturated carbocycles. The summed E-state index contributed by atoms with van der Waals surface area (Å²) in [6.45, 7) is 1.53. The van der Waals surface area contributed by atoms with Gasteiger partial charge in [0.15, 0.2) is 0 Å². The van der Waals surface area contributed by atoms with Crippen molar-refractivity contribution < 1.29 is 8.42 Å². The van der Waals surface area contributed by atoms with E-state index in [4.69, 9.17) is 0 Å². The summed E-state index contributed by atoms with van der Waals surface area (Å²) >= 11 is 0. The van der Waals surface area contributed by atoms with Crippen molar-refractivity contribution in [3.05, 3.63) is 0 Å². The summed E-state index contributed by atoms with van der Waals surface area (Å²) < 4.78 is 24.2. The SMILES string of the molecule is CN(CCCNS(C)(=O)=O)C1CCCCC1. The fraction of sp³-hybridized carbons (Fsp3) is 1.00. The molecule has 0 saturated heterocycles. The first kappa shape index (κ1) is 13.9. The van der Waals surface area contributed by atoms with Gasteiger partial charge in [-0.05, 0) is 32.9 Å². The molecule has 0 aromatic heterocycles. The van der Waals surface area contributed by atoms with Crippen molar-refractivity contribution in [1.82, 2.24) is 9.62 Å². The molecule has 1 rings (SSSR count). The molecular weight excluding hydrogens is 224 g/mol. The lowest BCUT2D eigenvalue weighted by molar-refractivity contribution is 0.190. The van der Waals surface area contributed by atoms with Gasteiger partial charge in [-0.3, -0.25) is 0 Å². The zero-order valence-corrected chi connectivity index (χ0v) is 11.2. The van der Waals surface area contributed by atoms with Gasteiger partial charge >= 0.3 is 0 Å². The Labute approximate surface area is 99.5 Å². The maximum absolute atomic E-state index is 10.9. The van der Waals surface area contributed by atoms with Gasteiger partial charge in [-0.25, -0.2) is 13.1 Å². The van der Waals surface area contributed by atoms with Gasteiger partial charge in [0.25, 0.3) is 0 Å². The Morgan fingerprint density at radius 2 is 1.88 bits per heavy atom. The Kier molecular flexibility index (Phi) is 5.72. The second-order valence-corrected chi connectivity index (χ2v) is 6.63. The molecule has 1 N–H and O–H groups in total. The van der Waals surface area contributed by atoms with Crippen LogP contribution < -0.4 is 4.72 Å². The summed E-state index contributed by atoms with van der Waals surface area (Å²) in [5, 5.41) is 0. The van der Waals surface area contributed by atoms with Crippen LogP contribution in [-0.4, -0.2) is 45.8 Å². The van der Waals surface area contributed by atoms with Gasteiger partial charge in [-0.2, -0.15) is 0 Å². The number of sulfonamides is 1. The third kappa shape index (κ3) is 5.82. The molecule has 0 amide bonds. The molecule has 0 heterocycles. The first-order valence-corrected chi connectivity index (χ1v) is 8.03. The Bertz CT molecular complexity index is 284. The van der Waals surface area contributed by atoms with Crippen LogP contribution in [0.2, 0.25) is 0 Å². The van der Waals surface area contributed by atoms with Gasteiger partial charge in [-0.1, -0.05) is 19.3 Å². The van der Waals surface area contributed by atoms with Crippen molar-refractivity contribution >= 4 is 10.0 Å². The van der Waals surface area contributed by atoms with E-state index < -0.39 is 10.0 Å². The second-order valence-electron chi connectivity index (χ2n) is 4.79. The molecule has 1 fully saturated rings. The smallest absolute Gasteiger partial charge is 0.208 e. The Morgan fingerprint density at radius 3 is 2.44 bits per heavy atom. The molecule has 0 aromatic rings. The summed E-state index contributed by atoms with van der Waals surface area (Å²) in [7, 11) is -0.866. The number of hydrogen-bond donors (Lipinski definition) is 1. The molecule has 4 nitrogen and oxygen atoms in total. The Morgan fingerprint density at radius 1 is 1.25 bits per heavy atom. The minimum atomic E-state index is -3.02. The maximum atomic E-state index is 10.9. The molecule has 0 aromatic carbocycles. The van der Waals surface area contributed by atoms with Crippen LogP contribution in [0.4, 0.5) is 0 Å². The van der Waals surface area contributed by atoms with E-state index in [1.165, 1.54) is 38.4 Å². The first-order valence-electron chi connectivity index (χ1n) is 6.14. The predicted octanol–water partition coefficient (Wildman–Crippen LogP) is 1.19. The molecule has 5 heteroatoms. The fourth-order valence-electron chi connectivity index (χ4n) is 2.29. The van der Waals surface area contributed by atoms with Crippen LogP contribution >= 0.6 is 0 Å². The number of hydrogen-bond acceptors (Lipinski definition) is 3. The highest BCUT2D eigenvalue weighted by Gasteiger charge is 2.17. The molecule has 0 aliphatic heterocycles. The highest BCUT2D eigenvalue weighted by Crippen LogP contribution is 2.21. The molecule has 0 atom stereocenters. The second kappa shape index (κ2) is 6.57. The lowest BCUT2D eigenvalue weighted by Crippen LogP contribution is -2.35. The molecule has 96 valence electrons. The van der Waals surface area contributed by atoms with Crippen molar-refractivity contribution in [3.63, 3.8) is 0 Å². The monoisotopic (exact) mass is 248 g/mol. The van der Waals surface area contributed by atoms with Crippen LogP contribution in [0.25, 0.3) is 0 Å². The summed E-state index contributed by atoms with van der Waals surface area (Å²) in [5.74, 6) is 0. The summed E-state index contributed by atoms with van der Waals surface area (Å²) in [4.78, 5) is 2.38. The van der Waals surface area contributed by atoms with Crippen LogP contribution in [0.3, 0.4) is 0 Å². The summed E-state index contributed by atoms with van der Waals surface area (Å²) in [6, 6.07) is 0.715. The van der Waals surface area contributed by atoms with E-state index in [1.807, 2.05) is 0 Å². The maximum Gasteiger partial charge on any atom is 0.208 e. The largest absolute Gasteiger partial charge is 0.303 e. The van der Waals surface area contributed by atoms with Crippen molar-refractivity contribution in [2.75, 3.05) is 26.4 Å². The minimum absolute atomic E-state index is 0.551. The van der Waals surface area contributed by atoms with Crippen LogP contribution in [0, 0.1) is 0 Å².